The van der Waals surface area contributed by atoms with Gasteiger partial charge in [0.25, 0.3) is 0 Å². The lowest BCUT2D eigenvalue weighted by atomic mass is 10.0. The minimum Gasteiger partial charge on any atom is -0.507 e. The summed E-state index contributed by atoms with van der Waals surface area (Å²) >= 11 is 3.18. The number of aromatic nitrogens is 2. The molecule has 2 N–H and O–H groups in total. The maximum Gasteiger partial charge on any atom is 0.133 e. The largest absolute Gasteiger partial charge is 0.507 e. The second kappa shape index (κ2) is 9.10. The maximum atomic E-state index is 11.2. The molecule has 4 heterocycles. The van der Waals surface area contributed by atoms with Crippen molar-refractivity contribution < 1.29 is 10.2 Å². The predicted octanol–water partition coefficient (Wildman–Crippen LogP) is 8.99. The normalized spacial score (nSPS) is 11.4. The number of phenols is 2. The van der Waals surface area contributed by atoms with Gasteiger partial charge >= 0.3 is 0 Å². The van der Waals surface area contributed by atoms with Gasteiger partial charge in [-0.1, -0.05) is 48.5 Å². The van der Waals surface area contributed by atoms with Crippen LogP contribution in [0, 0.1) is 0 Å². The highest BCUT2D eigenvalue weighted by atomic mass is 32.1. The van der Waals surface area contributed by atoms with E-state index < -0.39 is 0 Å². The molecule has 7 rings (SSSR count). The van der Waals surface area contributed by atoms with Crippen LogP contribution >= 0.6 is 22.7 Å². The van der Waals surface area contributed by atoms with Gasteiger partial charge in [0.15, 0.2) is 0 Å². The van der Waals surface area contributed by atoms with Gasteiger partial charge in [0, 0.05) is 42.8 Å². The number of thiophene rings is 2. The third-order valence-corrected chi connectivity index (χ3v) is 8.52. The van der Waals surface area contributed by atoms with Gasteiger partial charge in [-0.3, -0.25) is 0 Å². The lowest BCUT2D eigenvalue weighted by molar-refractivity contribution is 0.479. The van der Waals surface area contributed by atoms with Crippen molar-refractivity contribution in [3.05, 3.63) is 108 Å². The summed E-state index contributed by atoms with van der Waals surface area (Å²) in [6, 6.07) is 31.4. The number of rotatable bonds is 4. The van der Waals surface area contributed by atoms with Crippen molar-refractivity contribution in [1.29, 1.82) is 0 Å². The maximum absolute atomic E-state index is 11.2. The molecule has 4 aromatic heterocycles. The van der Waals surface area contributed by atoms with Gasteiger partial charge in [-0.25, -0.2) is 9.97 Å². The van der Waals surface area contributed by atoms with Crippen LogP contribution in [0.2, 0.25) is 0 Å². The highest BCUT2D eigenvalue weighted by Gasteiger charge is 2.16. The molecule has 0 radical (unpaired) electrons. The van der Waals surface area contributed by atoms with E-state index in [1.807, 2.05) is 108 Å². The number of hydrogen-bond donors (Lipinski definition) is 2. The van der Waals surface area contributed by atoms with E-state index in [0.717, 1.165) is 42.7 Å². The number of benzene rings is 3. The Labute approximate surface area is 226 Å². The Kier molecular flexibility index (Phi) is 5.43. The average Bonchev–Trinajstić information content (AvgIpc) is 3.68. The molecule has 4 nitrogen and oxygen atoms in total. The SMILES string of the molecule is Oc1c(-c2ccc3ccc4ccc(-c5cccc(-c6cccs6)c5O)nc4c3n2)cccc1-c1cccs1. The third-order valence-electron chi connectivity index (χ3n) is 6.72. The molecular weight excluding hydrogens is 508 g/mol. The van der Waals surface area contributed by atoms with Crippen LogP contribution in [0.25, 0.3) is 65.2 Å². The van der Waals surface area contributed by atoms with Gasteiger partial charge in [0.05, 0.1) is 22.4 Å². The zero-order chi connectivity index (χ0) is 25.6. The molecule has 0 unspecified atom stereocenters. The first-order valence-electron chi connectivity index (χ1n) is 12.1. The van der Waals surface area contributed by atoms with Crippen molar-refractivity contribution in [3.63, 3.8) is 0 Å². The van der Waals surface area contributed by atoms with Crippen LogP contribution in [0.1, 0.15) is 0 Å². The molecule has 0 atom stereocenters. The van der Waals surface area contributed by atoms with Gasteiger partial charge in [0.2, 0.25) is 0 Å². The number of aromatic hydroxyl groups is 2. The number of hydrogen-bond acceptors (Lipinski definition) is 6. The van der Waals surface area contributed by atoms with Crippen molar-refractivity contribution >= 4 is 44.5 Å². The second-order valence-electron chi connectivity index (χ2n) is 8.96. The first kappa shape index (κ1) is 22.7. The zero-order valence-electron chi connectivity index (χ0n) is 20.0. The molecule has 0 saturated heterocycles. The molecule has 182 valence electrons. The Morgan fingerprint density at radius 2 is 0.868 bits per heavy atom. The Bertz CT molecular complexity index is 1800. The van der Waals surface area contributed by atoms with E-state index in [1.54, 1.807) is 22.7 Å². The highest BCUT2D eigenvalue weighted by Crippen LogP contribution is 2.41. The van der Waals surface area contributed by atoms with Crippen LogP contribution in [-0.2, 0) is 0 Å². The van der Waals surface area contributed by atoms with E-state index in [2.05, 4.69) is 0 Å². The van der Waals surface area contributed by atoms with Gasteiger partial charge in [-0.15, -0.1) is 22.7 Å². The lowest BCUT2D eigenvalue weighted by Gasteiger charge is -2.12. The summed E-state index contributed by atoms with van der Waals surface area (Å²) in [6.07, 6.45) is 0. The Morgan fingerprint density at radius 3 is 1.29 bits per heavy atom. The van der Waals surface area contributed by atoms with Gasteiger partial charge < -0.3 is 10.2 Å². The molecule has 0 aliphatic carbocycles. The second-order valence-corrected chi connectivity index (χ2v) is 10.9. The van der Waals surface area contributed by atoms with Crippen LogP contribution in [-0.4, -0.2) is 20.2 Å². The Hall–Kier alpha value is -4.52. The van der Waals surface area contributed by atoms with Crippen LogP contribution in [0.4, 0.5) is 0 Å². The average molecular weight is 529 g/mol. The molecule has 0 fully saturated rings. The lowest BCUT2D eigenvalue weighted by Crippen LogP contribution is -1.92. The predicted molar refractivity (Wildman–Crippen MR) is 158 cm³/mol. The summed E-state index contributed by atoms with van der Waals surface area (Å²) in [7, 11) is 0. The monoisotopic (exact) mass is 528 g/mol. The van der Waals surface area contributed by atoms with E-state index in [0.29, 0.717) is 22.5 Å². The number of para-hydroxylation sites is 2. The molecule has 0 aliphatic heterocycles. The highest BCUT2D eigenvalue weighted by molar-refractivity contribution is 7.13. The van der Waals surface area contributed by atoms with Crippen LogP contribution in [0.3, 0.4) is 0 Å². The molecule has 38 heavy (non-hydrogen) atoms. The first-order chi connectivity index (χ1) is 18.7. The summed E-state index contributed by atoms with van der Waals surface area (Å²) in [6.45, 7) is 0. The summed E-state index contributed by atoms with van der Waals surface area (Å²) in [5.41, 5.74) is 5.77. The molecule has 7 aromatic rings. The minimum absolute atomic E-state index is 0.214. The quantitative estimate of drug-likeness (QED) is 0.224. The minimum atomic E-state index is 0.214. The van der Waals surface area contributed by atoms with Crippen LogP contribution in [0.5, 0.6) is 11.5 Å². The molecule has 0 aliphatic rings. The first-order valence-corrected chi connectivity index (χ1v) is 13.9. The molecule has 0 bridgehead atoms. The zero-order valence-corrected chi connectivity index (χ0v) is 21.6. The van der Waals surface area contributed by atoms with Crippen molar-refractivity contribution in [2.75, 3.05) is 0 Å². The van der Waals surface area contributed by atoms with Crippen molar-refractivity contribution in [1.82, 2.24) is 9.97 Å². The summed E-state index contributed by atoms with van der Waals surface area (Å²) < 4.78 is 0. The number of nitrogens with zero attached hydrogens (tertiary/aromatic N) is 2. The molecular formula is C32H20N2O2S2. The fourth-order valence-electron chi connectivity index (χ4n) is 4.83. The fourth-order valence-corrected chi connectivity index (χ4v) is 6.33. The van der Waals surface area contributed by atoms with Crippen LogP contribution < -0.4 is 0 Å². The summed E-state index contributed by atoms with van der Waals surface area (Å²) in [5.74, 6) is 0.428. The van der Waals surface area contributed by atoms with Gasteiger partial charge in [-0.05, 0) is 59.3 Å². The molecule has 0 saturated carbocycles. The summed E-state index contributed by atoms with van der Waals surface area (Å²) in [5, 5.41) is 28.2. The number of pyridine rings is 2. The van der Waals surface area contributed by atoms with Gasteiger partial charge in [0.1, 0.15) is 11.5 Å². The van der Waals surface area contributed by atoms with Crippen molar-refractivity contribution in [3.8, 4) is 54.9 Å². The smallest absolute Gasteiger partial charge is 0.133 e. The molecule has 0 spiro atoms. The fraction of sp³-hybridized carbons (Fsp3) is 0. The topological polar surface area (TPSA) is 66.2 Å². The van der Waals surface area contributed by atoms with E-state index in [9.17, 15) is 10.2 Å². The van der Waals surface area contributed by atoms with Crippen molar-refractivity contribution in [2.45, 2.75) is 0 Å². The Balaban J connectivity index is 1.40. The van der Waals surface area contributed by atoms with Crippen molar-refractivity contribution in [2.24, 2.45) is 0 Å². The third kappa shape index (κ3) is 3.74. The summed E-state index contributed by atoms with van der Waals surface area (Å²) in [4.78, 5) is 12.0. The van der Waals surface area contributed by atoms with E-state index in [1.165, 1.54) is 0 Å². The van der Waals surface area contributed by atoms with Crippen LogP contribution in [0.15, 0.2) is 108 Å². The molecule has 6 heteroatoms. The number of phenolic OH excluding ortho intramolecular Hbond substituents is 2. The van der Waals surface area contributed by atoms with E-state index in [-0.39, 0.29) is 11.5 Å². The standard InChI is InChI=1S/C32H20N2O2S2/c35-31-21(5-1-7-23(31)27-9-3-17-37-27)25-15-13-19-11-12-20-14-16-26(34-30(20)29(19)33-25)22-6-2-8-24(32(22)36)28-10-4-18-38-28/h1-18,35-36H. The van der Waals surface area contributed by atoms with E-state index in [4.69, 9.17) is 9.97 Å². The Morgan fingerprint density at radius 1 is 0.447 bits per heavy atom. The number of fused-ring (bicyclic) bond motifs is 3. The molecule has 3 aromatic carbocycles. The van der Waals surface area contributed by atoms with Gasteiger partial charge in [-0.2, -0.15) is 0 Å². The van der Waals surface area contributed by atoms with E-state index >= 15 is 0 Å². The molecule has 0 amide bonds.